The highest BCUT2D eigenvalue weighted by atomic mass is 16.5. The summed E-state index contributed by atoms with van der Waals surface area (Å²) < 4.78 is 5.29. The molecule has 1 heterocycles. The van der Waals surface area contributed by atoms with Crippen LogP contribution < -0.4 is 11.1 Å². The van der Waals surface area contributed by atoms with Crippen molar-refractivity contribution in [2.75, 3.05) is 39.4 Å². The summed E-state index contributed by atoms with van der Waals surface area (Å²) in [5, 5.41) is 3.02. The number of nitrogens with two attached hydrogens (primary N) is 1. The van der Waals surface area contributed by atoms with Gasteiger partial charge in [0.25, 0.3) is 0 Å². The van der Waals surface area contributed by atoms with Crippen LogP contribution >= 0.6 is 0 Å². The summed E-state index contributed by atoms with van der Waals surface area (Å²) in [7, 11) is 0. The van der Waals surface area contributed by atoms with Gasteiger partial charge in [0.1, 0.15) is 0 Å². The van der Waals surface area contributed by atoms with E-state index in [2.05, 4.69) is 10.2 Å². The van der Waals surface area contributed by atoms with Crippen LogP contribution in [0.1, 0.15) is 20.8 Å². The van der Waals surface area contributed by atoms with Crippen molar-refractivity contribution in [1.82, 2.24) is 10.2 Å². The maximum atomic E-state index is 11.9. The Bertz CT molecular complexity index is 250. The van der Waals surface area contributed by atoms with Crippen molar-refractivity contribution in [2.24, 2.45) is 11.1 Å². The van der Waals surface area contributed by atoms with Crippen molar-refractivity contribution in [1.29, 1.82) is 0 Å². The molecule has 1 aliphatic rings. The number of hydrogen-bond acceptors (Lipinski definition) is 4. The van der Waals surface area contributed by atoms with Crippen LogP contribution in [0.3, 0.4) is 0 Å². The Morgan fingerprint density at radius 3 is 2.59 bits per heavy atom. The average molecular weight is 243 g/mol. The van der Waals surface area contributed by atoms with Crippen LogP contribution in [-0.4, -0.2) is 56.2 Å². The van der Waals surface area contributed by atoms with Gasteiger partial charge in [-0.2, -0.15) is 0 Å². The Labute approximate surface area is 104 Å². The third-order valence-corrected chi connectivity index (χ3v) is 3.14. The van der Waals surface area contributed by atoms with E-state index in [4.69, 9.17) is 10.5 Å². The number of hydrogen-bond donors (Lipinski definition) is 2. The second-order valence-electron chi connectivity index (χ2n) is 5.38. The number of nitrogens with one attached hydrogen (secondary N) is 1. The number of carbonyl (C=O) groups excluding carboxylic acids is 1. The van der Waals surface area contributed by atoms with Crippen molar-refractivity contribution in [3.63, 3.8) is 0 Å². The topological polar surface area (TPSA) is 67.6 Å². The Balaban J connectivity index is 2.33. The second kappa shape index (κ2) is 6.33. The zero-order chi connectivity index (χ0) is 12.9. The van der Waals surface area contributed by atoms with E-state index in [-0.39, 0.29) is 11.9 Å². The zero-order valence-electron chi connectivity index (χ0n) is 11.2. The molecule has 1 fully saturated rings. The molecule has 0 bridgehead atoms. The smallest absolute Gasteiger partial charge is 0.227 e. The second-order valence-corrected chi connectivity index (χ2v) is 5.38. The van der Waals surface area contributed by atoms with Gasteiger partial charge in [-0.15, -0.1) is 0 Å². The molecular formula is C12H25N3O2. The van der Waals surface area contributed by atoms with Crippen LogP contribution in [0.2, 0.25) is 0 Å². The molecule has 0 aliphatic carbocycles. The summed E-state index contributed by atoms with van der Waals surface area (Å²) in [6, 6.07) is 0.145. The van der Waals surface area contributed by atoms with Gasteiger partial charge in [0.05, 0.1) is 18.6 Å². The van der Waals surface area contributed by atoms with Crippen molar-refractivity contribution < 1.29 is 9.53 Å². The van der Waals surface area contributed by atoms with E-state index in [0.717, 1.165) is 32.8 Å². The van der Waals surface area contributed by atoms with Crippen LogP contribution in [0.4, 0.5) is 0 Å². The van der Waals surface area contributed by atoms with Gasteiger partial charge in [0.2, 0.25) is 5.91 Å². The molecule has 1 unspecified atom stereocenters. The minimum atomic E-state index is -0.487. The summed E-state index contributed by atoms with van der Waals surface area (Å²) in [4.78, 5) is 14.2. The Morgan fingerprint density at radius 1 is 1.47 bits per heavy atom. The number of rotatable bonds is 5. The molecule has 0 saturated carbocycles. The quantitative estimate of drug-likeness (QED) is 0.702. The fourth-order valence-corrected chi connectivity index (χ4v) is 1.73. The summed E-state index contributed by atoms with van der Waals surface area (Å²) in [6.45, 7) is 10.5. The highest BCUT2D eigenvalue weighted by Crippen LogP contribution is 2.12. The molecule has 3 N–H and O–H groups in total. The number of ether oxygens (including phenoxy) is 1. The maximum Gasteiger partial charge on any atom is 0.227 e. The van der Waals surface area contributed by atoms with Gasteiger partial charge in [-0.3, -0.25) is 9.69 Å². The first kappa shape index (κ1) is 14.4. The lowest BCUT2D eigenvalue weighted by molar-refractivity contribution is -0.129. The van der Waals surface area contributed by atoms with E-state index in [1.165, 1.54) is 0 Å². The van der Waals surface area contributed by atoms with Gasteiger partial charge in [0, 0.05) is 32.2 Å². The molecule has 0 radical (unpaired) electrons. The first-order valence-corrected chi connectivity index (χ1v) is 6.27. The molecule has 1 rings (SSSR count). The fourth-order valence-electron chi connectivity index (χ4n) is 1.73. The Hall–Kier alpha value is -0.650. The monoisotopic (exact) mass is 243 g/mol. The number of amides is 1. The molecular weight excluding hydrogens is 218 g/mol. The van der Waals surface area contributed by atoms with E-state index >= 15 is 0 Å². The largest absolute Gasteiger partial charge is 0.379 e. The highest BCUT2D eigenvalue weighted by molar-refractivity contribution is 5.82. The molecule has 5 heteroatoms. The summed E-state index contributed by atoms with van der Waals surface area (Å²) in [5.74, 6) is 0.0285. The highest BCUT2D eigenvalue weighted by Gasteiger charge is 2.27. The zero-order valence-corrected chi connectivity index (χ0v) is 11.2. The van der Waals surface area contributed by atoms with Crippen LogP contribution in [0.5, 0.6) is 0 Å². The first-order valence-electron chi connectivity index (χ1n) is 6.27. The average Bonchev–Trinajstić information content (AvgIpc) is 2.30. The third-order valence-electron chi connectivity index (χ3n) is 3.14. The van der Waals surface area contributed by atoms with Gasteiger partial charge in [0.15, 0.2) is 0 Å². The van der Waals surface area contributed by atoms with E-state index in [0.29, 0.717) is 6.54 Å². The van der Waals surface area contributed by atoms with Gasteiger partial charge < -0.3 is 15.8 Å². The lowest BCUT2D eigenvalue weighted by Crippen LogP contribution is -2.50. The van der Waals surface area contributed by atoms with E-state index in [1.807, 2.05) is 20.8 Å². The number of morpholine rings is 1. The fraction of sp³-hybridized carbons (Fsp3) is 0.917. The van der Waals surface area contributed by atoms with Crippen LogP contribution in [-0.2, 0) is 9.53 Å². The third kappa shape index (κ3) is 4.61. The summed E-state index contributed by atoms with van der Waals surface area (Å²) in [5.41, 5.74) is 5.09. The predicted molar refractivity (Wildman–Crippen MR) is 67.7 cm³/mol. The van der Waals surface area contributed by atoms with Gasteiger partial charge >= 0.3 is 0 Å². The molecule has 0 aromatic heterocycles. The Morgan fingerprint density at radius 2 is 2.06 bits per heavy atom. The van der Waals surface area contributed by atoms with Crippen molar-refractivity contribution in [3.8, 4) is 0 Å². The summed E-state index contributed by atoms with van der Waals surface area (Å²) in [6.07, 6.45) is 0. The SMILES string of the molecule is CC(CN1CCOCC1)NC(=O)C(C)(C)CN. The molecule has 1 aliphatic heterocycles. The van der Waals surface area contributed by atoms with E-state index < -0.39 is 5.41 Å². The first-order chi connectivity index (χ1) is 7.95. The molecule has 0 aromatic rings. The Kier molecular flexibility index (Phi) is 5.36. The summed E-state index contributed by atoms with van der Waals surface area (Å²) >= 11 is 0. The molecule has 5 nitrogen and oxygen atoms in total. The van der Waals surface area contributed by atoms with Crippen LogP contribution in [0.25, 0.3) is 0 Å². The molecule has 1 atom stereocenters. The van der Waals surface area contributed by atoms with Crippen LogP contribution in [0, 0.1) is 5.41 Å². The molecule has 1 saturated heterocycles. The van der Waals surface area contributed by atoms with Gasteiger partial charge in [-0.05, 0) is 20.8 Å². The van der Waals surface area contributed by atoms with Crippen molar-refractivity contribution in [3.05, 3.63) is 0 Å². The molecule has 0 spiro atoms. The van der Waals surface area contributed by atoms with Gasteiger partial charge in [-0.25, -0.2) is 0 Å². The standard InChI is InChI=1S/C12H25N3O2/c1-10(8-15-4-6-17-7-5-15)14-11(16)12(2,3)9-13/h10H,4-9,13H2,1-3H3,(H,14,16). The molecule has 1 amide bonds. The number of carbonyl (C=O) groups is 1. The normalized spacial score (nSPS) is 20.0. The van der Waals surface area contributed by atoms with Crippen molar-refractivity contribution >= 4 is 5.91 Å². The minimum absolute atomic E-state index is 0.0285. The van der Waals surface area contributed by atoms with E-state index in [9.17, 15) is 4.79 Å². The van der Waals surface area contributed by atoms with Crippen LogP contribution in [0.15, 0.2) is 0 Å². The lowest BCUT2D eigenvalue weighted by atomic mass is 9.92. The molecule has 0 aromatic carbocycles. The van der Waals surface area contributed by atoms with Gasteiger partial charge in [-0.1, -0.05) is 0 Å². The van der Waals surface area contributed by atoms with E-state index in [1.54, 1.807) is 0 Å². The lowest BCUT2D eigenvalue weighted by Gasteiger charge is -2.31. The minimum Gasteiger partial charge on any atom is -0.379 e. The molecule has 100 valence electrons. The predicted octanol–water partition coefficient (Wildman–Crippen LogP) is -0.192. The molecule has 17 heavy (non-hydrogen) atoms. The maximum absolute atomic E-state index is 11.9. The number of nitrogens with zero attached hydrogens (tertiary/aromatic N) is 1. The van der Waals surface area contributed by atoms with Crippen molar-refractivity contribution in [2.45, 2.75) is 26.8 Å².